The molecule has 0 saturated heterocycles. The molecule has 164 valence electrons. The van der Waals surface area contributed by atoms with Gasteiger partial charge in [0.15, 0.2) is 5.13 Å². The highest BCUT2D eigenvalue weighted by atomic mass is 32.1. The highest BCUT2D eigenvalue weighted by Gasteiger charge is 2.36. The van der Waals surface area contributed by atoms with Crippen molar-refractivity contribution >= 4 is 50.1 Å². The fourth-order valence-electron chi connectivity index (χ4n) is 3.75. The van der Waals surface area contributed by atoms with Crippen LogP contribution < -0.4 is 15.0 Å². The predicted molar refractivity (Wildman–Crippen MR) is 127 cm³/mol. The number of thiazole rings is 1. The second kappa shape index (κ2) is 8.48. The van der Waals surface area contributed by atoms with Gasteiger partial charge in [-0.25, -0.2) is 9.88 Å². The Morgan fingerprint density at radius 3 is 2.36 bits per heavy atom. The molecule has 1 aliphatic rings. The third kappa shape index (κ3) is 3.96. The number of nitrogens with one attached hydrogen (secondary N) is 1. The maximum atomic E-state index is 12.6. The molecule has 0 saturated carbocycles. The largest absolute Gasteiger partial charge is 0.494 e. The Labute approximate surface area is 193 Å². The van der Waals surface area contributed by atoms with E-state index < -0.39 is 0 Å². The molecule has 3 amide bonds. The Hall–Kier alpha value is -4.04. The number of amides is 3. The van der Waals surface area contributed by atoms with Gasteiger partial charge in [-0.2, -0.15) is 0 Å². The molecule has 0 unspecified atom stereocenters. The van der Waals surface area contributed by atoms with Crippen LogP contribution >= 0.6 is 11.3 Å². The SMILES string of the molecule is CCOc1ccc2nc(NC(=O)Cc3ccc(N4C(=O)c5ccccc5C4=O)cc3)sc2c1. The average molecular weight is 458 g/mol. The van der Waals surface area contributed by atoms with Gasteiger partial charge in [0.25, 0.3) is 11.8 Å². The van der Waals surface area contributed by atoms with Crippen LogP contribution in [0.1, 0.15) is 33.2 Å². The zero-order chi connectivity index (χ0) is 22.9. The summed E-state index contributed by atoms with van der Waals surface area (Å²) in [5.41, 5.74) is 2.82. The van der Waals surface area contributed by atoms with Crippen molar-refractivity contribution in [3.05, 3.63) is 83.4 Å². The molecule has 0 radical (unpaired) electrons. The van der Waals surface area contributed by atoms with Crippen molar-refractivity contribution in [1.82, 2.24) is 4.98 Å². The van der Waals surface area contributed by atoms with Crippen LogP contribution in [0.3, 0.4) is 0 Å². The lowest BCUT2D eigenvalue weighted by Gasteiger charge is -2.14. The van der Waals surface area contributed by atoms with Gasteiger partial charge < -0.3 is 10.1 Å². The molecule has 0 atom stereocenters. The van der Waals surface area contributed by atoms with E-state index in [1.807, 2.05) is 25.1 Å². The first-order valence-electron chi connectivity index (χ1n) is 10.4. The zero-order valence-electron chi connectivity index (χ0n) is 17.7. The number of imide groups is 1. The van der Waals surface area contributed by atoms with E-state index in [1.165, 1.54) is 11.3 Å². The summed E-state index contributed by atoms with van der Waals surface area (Å²) in [7, 11) is 0. The monoisotopic (exact) mass is 457 g/mol. The molecule has 1 N–H and O–H groups in total. The van der Waals surface area contributed by atoms with Gasteiger partial charge in [0.2, 0.25) is 5.91 Å². The predicted octanol–water partition coefficient (Wildman–Crippen LogP) is 4.68. The number of carbonyl (C=O) groups is 3. The van der Waals surface area contributed by atoms with E-state index >= 15 is 0 Å². The Bertz CT molecular complexity index is 1360. The summed E-state index contributed by atoms with van der Waals surface area (Å²) in [6.07, 6.45) is 0.141. The van der Waals surface area contributed by atoms with Gasteiger partial charge in [-0.1, -0.05) is 35.6 Å². The van der Waals surface area contributed by atoms with Crippen molar-refractivity contribution in [3.63, 3.8) is 0 Å². The standard InChI is InChI=1S/C25H19N3O4S/c1-2-32-17-11-12-20-21(14-17)33-25(26-20)27-22(29)13-15-7-9-16(10-8-15)28-23(30)18-5-3-4-6-19(18)24(28)31/h3-12,14H,2,13H2,1H3,(H,26,27,29). The first kappa shape index (κ1) is 20.8. The number of hydrogen-bond acceptors (Lipinski definition) is 6. The van der Waals surface area contributed by atoms with Gasteiger partial charge in [0.1, 0.15) is 5.75 Å². The van der Waals surface area contributed by atoms with Crippen LogP contribution in [-0.4, -0.2) is 29.3 Å². The molecular weight excluding hydrogens is 438 g/mol. The molecule has 33 heavy (non-hydrogen) atoms. The summed E-state index contributed by atoms with van der Waals surface area (Å²) in [6, 6.07) is 19.2. The number of nitrogens with zero attached hydrogens (tertiary/aromatic N) is 2. The maximum absolute atomic E-state index is 12.6. The maximum Gasteiger partial charge on any atom is 0.266 e. The molecule has 1 aromatic heterocycles. The minimum Gasteiger partial charge on any atom is -0.494 e. The molecule has 8 heteroatoms. The average Bonchev–Trinajstić information content (AvgIpc) is 3.32. The molecule has 5 rings (SSSR count). The van der Waals surface area contributed by atoms with E-state index in [4.69, 9.17) is 4.74 Å². The van der Waals surface area contributed by atoms with Crippen LogP contribution in [-0.2, 0) is 11.2 Å². The number of ether oxygens (including phenoxy) is 1. The first-order valence-corrected chi connectivity index (χ1v) is 11.2. The molecule has 2 heterocycles. The van der Waals surface area contributed by atoms with Gasteiger partial charge in [0.05, 0.1) is 40.1 Å². The van der Waals surface area contributed by atoms with Crippen LogP contribution in [0.5, 0.6) is 5.75 Å². The third-order valence-electron chi connectivity index (χ3n) is 5.27. The van der Waals surface area contributed by atoms with Crippen LogP contribution in [0, 0.1) is 0 Å². The molecule has 4 aromatic rings. The minimum absolute atomic E-state index is 0.141. The smallest absolute Gasteiger partial charge is 0.266 e. The van der Waals surface area contributed by atoms with Gasteiger partial charge in [-0.15, -0.1) is 0 Å². The van der Waals surface area contributed by atoms with Crippen molar-refractivity contribution in [2.75, 3.05) is 16.8 Å². The van der Waals surface area contributed by atoms with Crippen molar-refractivity contribution < 1.29 is 19.1 Å². The Kier molecular flexibility index (Phi) is 5.35. The van der Waals surface area contributed by atoms with Crippen molar-refractivity contribution in [1.29, 1.82) is 0 Å². The first-order chi connectivity index (χ1) is 16.0. The zero-order valence-corrected chi connectivity index (χ0v) is 18.5. The molecule has 0 bridgehead atoms. The van der Waals surface area contributed by atoms with Gasteiger partial charge in [-0.3, -0.25) is 14.4 Å². The number of rotatable bonds is 6. The summed E-state index contributed by atoms with van der Waals surface area (Å²) >= 11 is 1.39. The molecule has 0 fully saturated rings. The summed E-state index contributed by atoms with van der Waals surface area (Å²) in [6.45, 7) is 2.51. The fraction of sp³-hybridized carbons (Fsp3) is 0.120. The minimum atomic E-state index is -0.343. The van der Waals surface area contributed by atoms with Crippen LogP contribution in [0.2, 0.25) is 0 Å². The lowest BCUT2D eigenvalue weighted by Crippen LogP contribution is -2.29. The van der Waals surface area contributed by atoms with E-state index in [1.54, 1.807) is 48.5 Å². The number of anilines is 2. The molecule has 7 nitrogen and oxygen atoms in total. The molecule has 1 aliphatic heterocycles. The second-order valence-electron chi connectivity index (χ2n) is 7.46. The second-order valence-corrected chi connectivity index (χ2v) is 8.49. The number of aromatic nitrogens is 1. The van der Waals surface area contributed by atoms with Crippen LogP contribution in [0.25, 0.3) is 10.2 Å². The van der Waals surface area contributed by atoms with Gasteiger partial charge in [-0.05, 0) is 55.0 Å². The van der Waals surface area contributed by atoms with Crippen molar-refractivity contribution in [3.8, 4) is 5.75 Å². The normalized spacial score (nSPS) is 12.8. The molecule has 3 aromatic carbocycles. The lowest BCUT2D eigenvalue weighted by molar-refractivity contribution is -0.115. The third-order valence-corrected chi connectivity index (χ3v) is 6.20. The fourth-order valence-corrected chi connectivity index (χ4v) is 4.66. The van der Waals surface area contributed by atoms with Crippen LogP contribution in [0.15, 0.2) is 66.7 Å². The summed E-state index contributed by atoms with van der Waals surface area (Å²) in [5.74, 6) is -0.119. The number of hydrogen-bond donors (Lipinski definition) is 1. The number of benzene rings is 3. The highest BCUT2D eigenvalue weighted by Crippen LogP contribution is 2.30. The van der Waals surface area contributed by atoms with Crippen LogP contribution in [0.4, 0.5) is 10.8 Å². The van der Waals surface area contributed by atoms with Gasteiger partial charge in [0, 0.05) is 0 Å². The summed E-state index contributed by atoms with van der Waals surface area (Å²) < 4.78 is 6.44. The lowest BCUT2D eigenvalue weighted by atomic mass is 10.1. The van der Waals surface area contributed by atoms with E-state index in [2.05, 4.69) is 10.3 Å². The quantitative estimate of drug-likeness (QED) is 0.425. The highest BCUT2D eigenvalue weighted by molar-refractivity contribution is 7.22. The number of fused-ring (bicyclic) bond motifs is 2. The molecule has 0 aliphatic carbocycles. The summed E-state index contributed by atoms with van der Waals surface area (Å²) in [4.78, 5) is 43.4. The van der Waals surface area contributed by atoms with E-state index in [9.17, 15) is 14.4 Å². The Morgan fingerprint density at radius 2 is 1.70 bits per heavy atom. The van der Waals surface area contributed by atoms with Crippen molar-refractivity contribution in [2.45, 2.75) is 13.3 Å². The van der Waals surface area contributed by atoms with Gasteiger partial charge >= 0.3 is 0 Å². The molecule has 0 spiro atoms. The number of carbonyl (C=O) groups excluding carboxylic acids is 3. The summed E-state index contributed by atoms with van der Waals surface area (Å²) in [5, 5.41) is 3.36. The van der Waals surface area contributed by atoms with E-state index in [0.717, 1.165) is 26.4 Å². The Morgan fingerprint density at radius 1 is 1.00 bits per heavy atom. The van der Waals surface area contributed by atoms with E-state index in [0.29, 0.717) is 28.6 Å². The molecular formula is C25H19N3O4S. The topological polar surface area (TPSA) is 88.6 Å². The van der Waals surface area contributed by atoms with E-state index in [-0.39, 0.29) is 24.1 Å². The van der Waals surface area contributed by atoms with Crippen molar-refractivity contribution in [2.24, 2.45) is 0 Å². The Balaban J connectivity index is 1.26.